The van der Waals surface area contributed by atoms with Crippen LogP contribution in [-0.4, -0.2) is 47.6 Å². The van der Waals surface area contributed by atoms with Crippen molar-refractivity contribution in [2.45, 2.75) is 13.3 Å². The number of likely N-dealkylation sites (N-methyl/N-ethyl adjacent to an activating group) is 1. The van der Waals surface area contributed by atoms with E-state index in [1.807, 2.05) is 0 Å². The molecule has 0 saturated heterocycles. The molecular weight excluding hydrogens is 256 g/mol. The SMILES string of the molecule is CCN(CC(=O)O)S(=O)(=O)CCc1ccccn1. The predicted molar refractivity (Wildman–Crippen MR) is 66.6 cm³/mol. The van der Waals surface area contributed by atoms with Crippen LogP contribution in [0.3, 0.4) is 0 Å². The quantitative estimate of drug-likeness (QED) is 0.774. The summed E-state index contributed by atoms with van der Waals surface area (Å²) in [6.45, 7) is 1.26. The van der Waals surface area contributed by atoms with Gasteiger partial charge >= 0.3 is 5.97 Å². The molecule has 1 aromatic rings. The van der Waals surface area contributed by atoms with Crippen molar-refractivity contribution in [1.82, 2.24) is 9.29 Å². The van der Waals surface area contributed by atoms with Gasteiger partial charge in [0.1, 0.15) is 6.54 Å². The van der Waals surface area contributed by atoms with Gasteiger partial charge in [0, 0.05) is 24.9 Å². The molecule has 1 heterocycles. The van der Waals surface area contributed by atoms with E-state index >= 15 is 0 Å². The van der Waals surface area contributed by atoms with E-state index in [9.17, 15) is 13.2 Å². The summed E-state index contributed by atoms with van der Waals surface area (Å²) in [6, 6.07) is 5.27. The highest BCUT2D eigenvalue weighted by Gasteiger charge is 2.22. The zero-order chi connectivity index (χ0) is 13.6. The minimum absolute atomic E-state index is 0.134. The van der Waals surface area contributed by atoms with Crippen LogP contribution in [-0.2, 0) is 21.2 Å². The average Bonchev–Trinajstić information content (AvgIpc) is 2.34. The van der Waals surface area contributed by atoms with E-state index in [1.165, 1.54) is 0 Å². The fraction of sp³-hybridized carbons (Fsp3) is 0.455. The zero-order valence-electron chi connectivity index (χ0n) is 10.1. The normalized spacial score (nSPS) is 11.7. The Morgan fingerprint density at radius 2 is 2.17 bits per heavy atom. The molecule has 1 N–H and O–H groups in total. The lowest BCUT2D eigenvalue weighted by Crippen LogP contribution is -2.37. The molecule has 0 amide bonds. The first kappa shape index (κ1) is 14.6. The van der Waals surface area contributed by atoms with Crippen molar-refractivity contribution >= 4 is 16.0 Å². The topological polar surface area (TPSA) is 87.6 Å². The van der Waals surface area contributed by atoms with Crippen LogP contribution in [0.5, 0.6) is 0 Å². The molecule has 0 saturated carbocycles. The van der Waals surface area contributed by atoms with E-state index in [0.717, 1.165) is 4.31 Å². The van der Waals surface area contributed by atoms with E-state index in [1.54, 1.807) is 31.3 Å². The van der Waals surface area contributed by atoms with Crippen molar-refractivity contribution in [3.63, 3.8) is 0 Å². The summed E-state index contributed by atoms with van der Waals surface area (Å²) in [5.41, 5.74) is 0.674. The van der Waals surface area contributed by atoms with Crippen LogP contribution in [0.2, 0.25) is 0 Å². The number of carboxylic acids is 1. The van der Waals surface area contributed by atoms with E-state index in [4.69, 9.17) is 5.11 Å². The number of aryl methyl sites for hydroxylation is 1. The Kier molecular flexibility index (Phi) is 5.24. The molecule has 0 spiro atoms. The highest BCUT2D eigenvalue weighted by molar-refractivity contribution is 7.89. The number of carboxylic acid groups (broad SMARTS) is 1. The number of hydrogen-bond acceptors (Lipinski definition) is 4. The Balaban J connectivity index is 2.66. The van der Waals surface area contributed by atoms with Gasteiger partial charge in [0.05, 0.1) is 5.75 Å². The lowest BCUT2D eigenvalue weighted by atomic mass is 10.3. The Hall–Kier alpha value is -1.47. The summed E-state index contributed by atoms with van der Waals surface area (Å²) >= 11 is 0. The molecular formula is C11H16N2O4S. The molecule has 18 heavy (non-hydrogen) atoms. The monoisotopic (exact) mass is 272 g/mol. The molecule has 6 nitrogen and oxygen atoms in total. The average molecular weight is 272 g/mol. The fourth-order valence-corrected chi connectivity index (χ4v) is 2.89. The molecule has 1 aromatic heterocycles. The van der Waals surface area contributed by atoms with Crippen molar-refractivity contribution in [2.24, 2.45) is 0 Å². The van der Waals surface area contributed by atoms with Crippen molar-refractivity contribution in [3.8, 4) is 0 Å². The first-order valence-corrected chi connectivity index (χ1v) is 7.16. The van der Waals surface area contributed by atoms with Crippen LogP contribution in [0.15, 0.2) is 24.4 Å². The van der Waals surface area contributed by atoms with Gasteiger partial charge in [-0.25, -0.2) is 8.42 Å². The number of hydrogen-bond donors (Lipinski definition) is 1. The molecule has 0 fully saturated rings. The molecule has 7 heteroatoms. The summed E-state index contributed by atoms with van der Waals surface area (Å²) in [5, 5.41) is 8.65. The largest absolute Gasteiger partial charge is 0.480 e. The van der Waals surface area contributed by atoms with Gasteiger partial charge in [-0.2, -0.15) is 4.31 Å². The maximum atomic E-state index is 11.9. The summed E-state index contributed by atoms with van der Waals surface area (Å²) in [7, 11) is -3.55. The van der Waals surface area contributed by atoms with Gasteiger partial charge in [0.2, 0.25) is 10.0 Å². The maximum Gasteiger partial charge on any atom is 0.318 e. The van der Waals surface area contributed by atoms with Crippen molar-refractivity contribution in [2.75, 3.05) is 18.8 Å². The minimum atomic E-state index is -3.55. The second-order valence-corrected chi connectivity index (χ2v) is 5.80. The number of rotatable bonds is 7. The van der Waals surface area contributed by atoms with Crippen LogP contribution in [0.25, 0.3) is 0 Å². The van der Waals surface area contributed by atoms with Crippen LogP contribution < -0.4 is 0 Å². The lowest BCUT2D eigenvalue weighted by molar-refractivity contribution is -0.137. The number of pyridine rings is 1. The number of nitrogens with zero attached hydrogens (tertiary/aromatic N) is 2. The Bertz CT molecular complexity index is 487. The maximum absolute atomic E-state index is 11.9. The molecule has 100 valence electrons. The first-order chi connectivity index (χ1) is 8.45. The minimum Gasteiger partial charge on any atom is -0.480 e. The molecule has 0 aliphatic carbocycles. The van der Waals surface area contributed by atoms with Crippen LogP contribution in [0.4, 0.5) is 0 Å². The Morgan fingerprint density at radius 3 is 2.67 bits per heavy atom. The van der Waals surface area contributed by atoms with Crippen LogP contribution in [0.1, 0.15) is 12.6 Å². The third-order valence-corrected chi connectivity index (χ3v) is 4.29. The number of aromatic nitrogens is 1. The Morgan fingerprint density at radius 1 is 1.44 bits per heavy atom. The number of aliphatic carboxylic acids is 1. The van der Waals surface area contributed by atoms with Gasteiger partial charge in [-0.1, -0.05) is 13.0 Å². The summed E-state index contributed by atoms with van der Waals surface area (Å²) in [6.07, 6.45) is 1.87. The highest BCUT2D eigenvalue weighted by Crippen LogP contribution is 2.05. The van der Waals surface area contributed by atoms with Gasteiger partial charge in [0.15, 0.2) is 0 Å². The molecule has 1 rings (SSSR count). The third kappa shape index (κ3) is 4.42. The van der Waals surface area contributed by atoms with E-state index in [0.29, 0.717) is 5.69 Å². The molecule has 0 unspecified atom stereocenters. The smallest absolute Gasteiger partial charge is 0.318 e. The van der Waals surface area contributed by atoms with Gasteiger partial charge < -0.3 is 5.11 Å². The van der Waals surface area contributed by atoms with Crippen molar-refractivity contribution in [3.05, 3.63) is 30.1 Å². The number of carbonyl (C=O) groups is 1. The van der Waals surface area contributed by atoms with E-state index < -0.39 is 22.5 Å². The molecule has 0 aliphatic heterocycles. The van der Waals surface area contributed by atoms with Gasteiger partial charge in [-0.15, -0.1) is 0 Å². The van der Waals surface area contributed by atoms with Crippen LogP contribution in [0, 0.1) is 0 Å². The highest BCUT2D eigenvalue weighted by atomic mass is 32.2. The molecule has 0 atom stereocenters. The van der Waals surface area contributed by atoms with Crippen molar-refractivity contribution in [1.29, 1.82) is 0 Å². The summed E-state index contributed by atoms with van der Waals surface area (Å²) in [5.74, 6) is -1.29. The molecule has 0 radical (unpaired) electrons. The summed E-state index contributed by atoms with van der Waals surface area (Å²) < 4.78 is 24.8. The molecule has 0 aromatic carbocycles. The van der Waals surface area contributed by atoms with Gasteiger partial charge in [-0.05, 0) is 12.1 Å². The third-order valence-electron chi connectivity index (χ3n) is 2.40. The second kappa shape index (κ2) is 6.46. The van der Waals surface area contributed by atoms with E-state index in [-0.39, 0.29) is 18.7 Å². The van der Waals surface area contributed by atoms with Gasteiger partial charge in [0.25, 0.3) is 0 Å². The number of sulfonamides is 1. The van der Waals surface area contributed by atoms with Crippen molar-refractivity contribution < 1.29 is 18.3 Å². The van der Waals surface area contributed by atoms with E-state index in [2.05, 4.69) is 4.98 Å². The van der Waals surface area contributed by atoms with Crippen LogP contribution >= 0.6 is 0 Å². The first-order valence-electron chi connectivity index (χ1n) is 5.55. The van der Waals surface area contributed by atoms with Gasteiger partial charge in [-0.3, -0.25) is 9.78 Å². The predicted octanol–water partition coefficient (Wildman–Crippen LogP) is 0.360. The standard InChI is InChI=1S/C11H16N2O4S/c1-2-13(9-11(14)15)18(16,17)8-6-10-5-3-4-7-12-10/h3-5,7H,2,6,8-9H2,1H3,(H,14,15). The summed E-state index contributed by atoms with van der Waals surface area (Å²) in [4.78, 5) is 14.6. The second-order valence-electron chi connectivity index (χ2n) is 3.71. The lowest BCUT2D eigenvalue weighted by Gasteiger charge is -2.17. The Labute approximate surface area is 106 Å². The fourth-order valence-electron chi connectivity index (χ4n) is 1.47. The zero-order valence-corrected chi connectivity index (χ0v) is 10.9. The molecule has 0 bridgehead atoms. The molecule has 0 aliphatic rings.